The van der Waals surface area contributed by atoms with Gasteiger partial charge in [0, 0.05) is 12.1 Å². The van der Waals surface area contributed by atoms with Crippen molar-refractivity contribution in [2.24, 2.45) is 10.3 Å². The number of imide groups is 1. The van der Waals surface area contributed by atoms with E-state index in [0.717, 1.165) is 10.5 Å². The van der Waals surface area contributed by atoms with Crippen LogP contribution in [0.3, 0.4) is 0 Å². The summed E-state index contributed by atoms with van der Waals surface area (Å²) in [6.45, 7) is 1.88. The number of anilines is 1. The molecule has 3 aromatic carbocycles. The SMILES string of the molecule is Cc1cccc(C(=O)N(CCc2ccc(S(N)(=O)=O)cc2)C2CC(=O)N(c3ccc(S(N)(=O)=O)cc3)C2=O)c1. The fraction of sp³-hybridized carbons (Fsp3) is 0.192. The average molecular weight is 571 g/mol. The normalized spacial score (nSPS) is 16.0. The van der Waals surface area contributed by atoms with Crippen molar-refractivity contribution >= 4 is 43.5 Å². The molecule has 0 spiro atoms. The van der Waals surface area contributed by atoms with Gasteiger partial charge in [0.1, 0.15) is 6.04 Å². The maximum absolute atomic E-state index is 13.6. The van der Waals surface area contributed by atoms with E-state index in [1.54, 1.807) is 30.3 Å². The van der Waals surface area contributed by atoms with Gasteiger partial charge in [-0.15, -0.1) is 0 Å². The van der Waals surface area contributed by atoms with Gasteiger partial charge in [-0.1, -0.05) is 29.8 Å². The minimum atomic E-state index is -3.97. The number of nitrogens with zero attached hydrogens (tertiary/aromatic N) is 2. The third kappa shape index (κ3) is 6.23. The molecule has 0 radical (unpaired) electrons. The summed E-state index contributed by atoms with van der Waals surface area (Å²) in [7, 11) is -7.83. The maximum Gasteiger partial charge on any atom is 0.257 e. The molecule has 1 aliphatic rings. The number of aryl methyl sites for hydroxylation is 1. The summed E-state index contributed by atoms with van der Waals surface area (Å²) in [4.78, 5) is 42.1. The van der Waals surface area contributed by atoms with Crippen molar-refractivity contribution in [2.45, 2.75) is 35.6 Å². The third-order valence-corrected chi connectivity index (χ3v) is 8.20. The van der Waals surface area contributed by atoms with Gasteiger partial charge >= 0.3 is 0 Å². The molecule has 13 heteroatoms. The zero-order valence-electron chi connectivity index (χ0n) is 20.9. The van der Waals surface area contributed by atoms with Gasteiger partial charge in [-0.05, 0) is 67.4 Å². The number of hydrogen-bond donors (Lipinski definition) is 2. The Hall–Kier alpha value is -3.91. The molecule has 1 atom stereocenters. The van der Waals surface area contributed by atoms with Crippen LogP contribution in [0.25, 0.3) is 0 Å². The van der Waals surface area contributed by atoms with E-state index in [1.165, 1.54) is 41.3 Å². The first kappa shape index (κ1) is 28.1. The molecule has 1 saturated heterocycles. The molecule has 3 aromatic rings. The van der Waals surface area contributed by atoms with Gasteiger partial charge in [-0.3, -0.25) is 14.4 Å². The second-order valence-electron chi connectivity index (χ2n) is 9.13. The molecule has 3 amide bonds. The minimum Gasteiger partial charge on any atom is -0.326 e. The van der Waals surface area contributed by atoms with Gasteiger partial charge in [0.2, 0.25) is 26.0 Å². The highest BCUT2D eigenvalue weighted by Crippen LogP contribution is 2.28. The highest BCUT2D eigenvalue weighted by atomic mass is 32.2. The Morgan fingerprint density at radius 2 is 1.46 bits per heavy atom. The first-order valence-corrected chi connectivity index (χ1v) is 14.8. The standard InChI is InChI=1S/C26H26N4O7S2/c1-17-3-2-4-19(15-17)25(32)29(14-13-18-5-9-21(10-6-18)38(27,34)35)23-16-24(31)30(26(23)33)20-7-11-22(12-8-20)39(28,36)37/h2-12,15,23H,13-14,16H2,1H3,(H2,27,34,35)(H2,28,36,37). The summed E-state index contributed by atoms with van der Waals surface area (Å²) in [6.07, 6.45) is 0.00116. The van der Waals surface area contributed by atoms with E-state index in [-0.39, 0.29) is 34.9 Å². The van der Waals surface area contributed by atoms with Crippen molar-refractivity contribution in [3.05, 3.63) is 89.5 Å². The first-order chi connectivity index (χ1) is 18.3. The molecule has 1 aliphatic heterocycles. The lowest BCUT2D eigenvalue weighted by Crippen LogP contribution is -2.46. The summed E-state index contributed by atoms with van der Waals surface area (Å²) in [5, 5.41) is 10.3. The number of carbonyl (C=O) groups excluding carboxylic acids is 3. The smallest absolute Gasteiger partial charge is 0.257 e. The molecule has 39 heavy (non-hydrogen) atoms. The zero-order valence-corrected chi connectivity index (χ0v) is 22.5. The van der Waals surface area contributed by atoms with Gasteiger partial charge in [-0.2, -0.15) is 0 Å². The van der Waals surface area contributed by atoms with Crippen LogP contribution in [-0.2, 0) is 36.1 Å². The summed E-state index contributed by atoms with van der Waals surface area (Å²) < 4.78 is 46.3. The van der Waals surface area contributed by atoms with Crippen LogP contribution in [-0.4, -0.2) is 52.0 Å². The van der Waals surface area contributed by atoms with Crippen molar-refractivity contribution in [3.63, 3.8) is 0 Å². The minimum absolute atomic E-state index is 0.0559. The van der Waals surface area contributed by atoms with Gasteiger partial charge in [0.15, 0.2) is 0 Å². The van der Waals surface area contributed by atoms with Gasteiger partial charge in [0.25, 0.3) is 11.8 Å². The van der Waals surface area contributed by atoms with Crippen LogP contribution < -0.4 is 15.2 Å². The Labute approximate surface area is 226 Å². The predicted molar refractivity (Wildman–Crippen MR) is 142 cm³/mol. The van der Waals surface area contributed by atoms with Crippen molar-refractivity contribution in [3.8, 4) is 0 Å². The Morgan fingerprint density at radius 3 is 2.00 bits per heavy atom. The predicted octanol–water partition coefficient (Wildman–Crippen LogP) is 1.31. The van der Waals surface area contributed by atoms with E-state index < -0.39 is 43.8 Å². The molecule has 0 aliphatic carbocycles. The maximum atomic E-state index is 13.6. The molecule has 0 aromatic heterocycles. The summed E-state index contributed by atoms with van der Waals surface area (Å²) in [5.74, 6) is -1.63. The van der Waals surface area contributed by atoms with Crippen molar-refractivity contribution in [2.75, 3.05) is 11.4 Å². The van der Waals surface area contributed by atoms with E-state index in [1.807, 2.05) is 13.0 Å². The Bertz CT molecular complexity index is 1650. The van der Waals surface area contributed by atoms with E-state index in [0.29, 0.717) is 11.1 Å². The fourth-order valence-corrected chi connectivity index (χ4v) is 5.38. The highest BCUT2D eigenvalue weighted by Gasteiger charge is 2.44. The number of benzene rings is 3. The Kier molecular flexibility index (Phi) is 7.70. The quantitative estimate of drug-likeness (QED) is 0.383. The number of amides is 3. The van der Waals surface area contributed by atoms with Crippen LogP contribution in [0.4, 0.5) is 5.69 Å². The monoisotopic (exact) mass is 570 g/mol. The largest absolute Gasteiger partial charge is 0.326 e. The van der Waals surface area contributed by atoms with Crippen LogP contribution in [0.5, 0.6) is 0 Å². The lowest BCUT2D eigenvalue weighted by Gasteiger charge is -2.28. The molecule has 11 nitrogen and oxygen atoms in total. The van der Waals surface area contributed by atoms with Gasteiger partial charge in [0.05, 0.1) is 21.9 Å². The third-order valence-electron chi connectivity index (χ3n) is 6.34. The van der Waals surface area contributed by atoms with Crippen LogP contribution >= 0.6 is 0 Å². The molecule has 0 saturated carbocycles. The Balaban J connectivity index is 1.63. The molecule has 1 unspecified atom stereocenters. The number of sulfonamides is 2. The molecular weight excluding hydrogens is 544 g/mol. The zero-order chi connectivity index (χ0) is 28.5. The topological polar surface area (TPSA) is 178 Å². The van der Waals surface area contributed by atoms with Gasteiger partial charge in [-0.25, -0.2) is 32.0 Å². The summed E-state index contributed by atoms with van der Waals surface area (Å²) in [5.41, 5.74) is 2.03. The van der Waals surface area contributed by atoms with Crippen molar-refractivity contribution < 1.29 is 31.2 Å². The number of carbonyl (C=O) groups is 3. The highest BCUT2D eigenvalue weighted by molar-refractivity contribution is 7.89. The molecule has 4 rings (SSSR count). The van der Waals surface area contributed by atoms with E-state index >= 15 is 0 Å². The number of rotatable bonds is 8. The van der Waals surface area contributed by atoms with E-state index in [4.69, 9.17) is 10.3 Å². The number of nitrogens with two attached hydrogens (primary N) is 2. The summed E-state index contributed by atoms with van der Waals surface area (Å²) in [6, 6.07) is 16.6. The summed E-state index contributed by atoms with van der Waals surface area (Å²) >= 11 is 0. The van der Waals surface area contributed by atoms with Crippen LogP contribution in [0, 0.1) is 6.92 Å². The first-order valence-electron chi connectivity index (χ1n) is 11.7. The average Bonchev–Trinajstić information content (AvgIpc) is 3.16. The van der Waals surface area contributed by atoms with Gasteiger partial charge < -0.3 is 4.90 Å². The van der Waals surface area contributed by atoms with E-state index in [9.17, 15) is 31.2 Å². The van der Waals surface area contributed by atoms with Crippen LogP contribution in [0.2, 0.25) is 0 Å². The fourth-order valence-electron chi connectivity index (χ4n) is 4.35. The molecular formula is C26H26N4O7S2. The van der Waals surface area contributed by atoms with Crippen molar-refractivity contribution in [1.29, 1.82) is 0 Å². The second kappa shape index (κ2) is 10.7. The second-order valence-corrected chi connectivity index (χ2v) is 12.3. The molecule has 4 N–H and O–H groups in total. The van der Waals surface area contributed by atoms with Crippen molar-refractivity contribution in [1.82, 2.24) is 4.90 Å². The lowest BCUT2D eigenvalue weighted by molar-refractivity contribution is -0.122. The number of primary sulfonamides is 2. The Morgan fingerprint density at radius 1 is 0.897 bits per heavy atom. The van der Waals surface area contributed by atoms with Crippen LogP contribution in [0.1, 0.15) is 27.9 Å². The molecule has 0 bridgehead atoms. The molecule has 1 fully saturated rings. The molecule has 1 heterocycles. The van der Waals surface area contributed by atoms with E-state index in [2.05, 4.69) is 0 Å². The van der Waals surface area contributed by atoms with Crippen LogP contribution in [0.15, 0.2) is 82.6 Å². The number of hydrogen-bond acceptors (Lipinski definition) is 7. The molecule has 204 valence electrons. The lowest BCUT2D eigenvalue weighted by atomic mass is 10.1.